The van der Waals surface area contributed by atoms with Gasteiger partial charge in [0.25, 0.3) is 15.9 Å². The molecule has 1 saturated carbocycles. The zero-order valence-electron chi connectivity index (χ0n) is 24.9. The van der Waals surface area contributed by atoms with E-state index in [4.69, 9.17) is 0 Å². The fourth-order valence-corrected chi connectivity index (χ4v) is 8.20. The number of hydrogen-bond acceptors (Lipinski definition) is 5. The molecule has 244 valence electrons. The van der Waals surface area contributed by atoms with Gasteiger partial charge in [0.1, 0.15) is 5.82 Å². The van der Waals surface area contributed by atoms with Crippen LogP contribution in [0, 0.1) is 5.82 Å². The first kappa shape index (κ1) is 33.1. The van der Waals surface area contributed by atoms with E-state index in [9.17, 15) is 45.8 Å². The van der Waals surface area contributed by atoms with Gasteiger partial charge in [-0.3, -0.25) is 9.10 Å². The minimum atomic E-state index is -4.91. The molecule has 0 saturated heterocycles. The maximum Gasteiger partial charge on any atom is 0.417 e. The number of sulfonamides is 1. The molecule has 3 aromatic carbocycles. The number of nitrogens with zero attached hydrogens (tertiary/aromatic N) is 1. The van der Waals surface area contributed by atoms with E-state index in [0.29, 0.717) is 5.56 Å². The van der Waals surface area contributed by atoms with Crippen LogP contribution in [0.2, 0.25) is 0 Å². The van der Waals surface area contributed by atoms with Gasteiger partial charge < -0.3 is 15.5 Å². The first-order valence-electron chi connectivity index (χ1n) is 14.5. The number of carbonyl (C=O) groups is 2. The molecule has 0 radical (unpaired) electrons. The molecule has 0 bridgehead atoms. The number of allylic oxidation sites excluding steroid dienone is 1. The number of nitrogens with one attached hydrogen (secondary N) is 1. The summed E-state index contributed by atoms with van der Waals surface area (Å²) in [4.78, 5) is 24.6. The van der Waals surface area contributed by atoms with Crippen molar-refractivity contribution < 1.29 is 45.8 Å². The largest absolute Gasteiger partial charge is 0.478 e. The molecular formula is C33H32F4N2O6S. The van der Waals surface area contributed by atoms with Crippen LogP contribution >= 0.6 is 0 Å². The molecule has 0 aromatic heterocycles. The number of alkyl halides is 3. The van der Waals surface area contributed by atoms with Crippen molar-refractivity contribution in [3.05, 3.63) is 101 Å². The Morgan fingerprint density at radius 1 is 0.978 bits per heavy atom. The summed E-state index contributed by atoms with van der Waals surface area (Å²) in [7, 11) is -4.40. The van der Waals surface area contributed by atoms with Gasteiger partial charge in [-0.25, -0.2) is 17.6 Å². The van der Waals surface area contributed by atoms with Crippen molar-refractivity contribution in [2.45, 2.75) is 74.1 Å². The number of carboxylic acid groups (broad SMARTS) is 1. The summed E-state index contributed by atoms with van der Waals surface area (Å²) in [6.07, 6.45) is -4.85. The van der Waals surface area contributed by atoms with Gasteiger partial charge in [-0.05, 0) is 112 Å². The number of halogens is 4. The highest BCUT2D eigenvalue weighted by molar-refractivity contribution is 7.92. The van der Waals surface area contributed by atoms with Gasteiger partial charge in [-0.2, -0.15) is 13.2 Å². The maximum atomic E-state index is 14.2. The van der Waals surface area contributed by atoms with Gasteiger partial charge >= 0.3 is 12.1 Å². The molecule has 1 fully saturated rings. The van der Waals surface area contributed by atoms with E-state index in [1.54, 1.807) is 19.9 Å². The first-order valence-corrected chi connectivity index (χ1v) is 15.9. The second kappa shape index (κ2) is 11.8. The number of carboxylic acids is 1. The van der Waals surface area contributed by atoms with Crippen molar-refractivity contribution in [3.63, 3.8) is 0 Å². The van der Waals surface area contributed by atoms with Crippen molar-refractivity contribution in [2.75, 3.05) is 9.62 Å². The van der Waals surface area contributed by atoms with Gasteiger partial charge in [-0.1, -0.05) is 17.7 Å². The third kappa shape index (κ3) is 5.89. The molecule has 3 aromatic rings. The molecule has 3 N–H and O–H groups in total. The summed E-state index contributed by atoms with van der Waals surface area (Å²) in [5, 5.41) is 22.5. The molecule has 13 heteroatoms. The molecule has 1 unspecified atom stereocenters. The second-order valence-corrected chi connectivity index (χ2v) is 13.9. The van der Waals surface area contributed by atoms with Gasteiger partial charge in [0.05, 0.1) is 22.2 Å². The van der Waals surface area contributed by atoms with Crippen molar-refractivity contribution in [1.82, 2.24) is 0 Å². The molecule has 1 aliphatic heterocycles. The molecule has 8 nitrogen and oxygen atoms in total. The van der Waals surface area contributed by atoms with Crippen LogP contribution < -0.4 is 9.62 Å². The molecule has 46 heavy (non-hydrogen) atoms. The van der Waals surface area contributed by atoms with Gasteiger partial charge in [-0.15, -0.1) is 0 Å². The van der Waals surface area contributed by atoms with Crippen molar-refractivity contribution in [3.8, 4) is 0 Å². The lowest BCUT2D eigenvalue weighted by atomic mass is 9.62. The summed E-state index contributed by atoms with van der Waals surface area (Å²) in [6.45, 7) is 3.61. The van der Waals surface area contributed by atoms with Crippen molar-refractivity contribution in [2.24, 2.45) is 0 Å². The van der Waals surface area contributed by atoms with Crippen molar-refractivity contribution >= 4 is 33.3 Å². The summed E-state index contributed by atoms with van der Waals surface area (Å²) >= 11 is 0. The van der Waals surface area contributed by atoms with Crippen LogP contribution in [0.5, 0.6) is 0 Å². The van der Waals surface area contributed by atoms with Crippen molar-refractivity contribution in [1.29, 1.82) is 0 Å². The van der Waals surface area contributed by atoms with Crippen LogP contribution in [0.1, 0.15) is 72.2 Å². The fourth-order valence-electron chi connectivity index (χ4n) is 6.45. The van der Waals surface area contributed by atoms with E-state index in [2.05, 4.69) is 5.32 Å². The maximum absolute atomic E-state index is 14.2. The number of carbonyl (C=O) groups excluding carboxylic acids is 1. The number of hydrogen-bond donors (Lipinski definition) is 3. The fraction of sp³-hybridized carbons (Fsp3) is 0.333. The number of anilines is 2. The third-order valence-electron chi connectivity index (χ3n) is 8.94. The van der Waals surface area contributed by atoms with Crippen LogP contribution in [-0.4, -0.2) is 48.3 Å². The number of aliphatic hydroxyl groups is 1. The summed E-state index contributed by atoms with van der Waals surface area (Å²) in [5.74, 6) is -2.50. The zero-order chi connectivity index (χ0) is 33.7. The van der Waals surface area contributed by atoms with Crippen LogP contribution in [0.3, 0.4) is 0 Å². The number of aromatic carboxylic acids is 1. The Balaban J connectivity index is 1.65. The van der Waals surface area contributed by atoms with E-state index in [-0.39, 0.29) is 46.7 Å². The Hall–Kier alpha value is -4.23. The highest BCUT2D eigenvalue weighted by atomic mass is 32.2. The van der Waals surface area contributed by atoms with Crippen LogP contribution in [0.15, 0.2) is 83.3 Å². The lowest BCUT2D eigenvalue weighted by Crippen LogP contribution is -2.55. The standard InChI is InChI=1S/C33H32F4N2O6S/c1-20(2)6-13-28-31(14-16-32(43,17-15-31)33(35,36)37)26-19-21(29(40)38-24-5-3-4-22(18-24)30(41)42)7-12-27(26)39(28)46(44,45)25-10-8-23(34)9-11-25/h3-12,18-19,28,43H,13-17H2,1-2H3,(H,38,40)(H,41,42). The number of fused-ring (bicyclic) bond motifs is 2. The van der Waals surface area contributed by atoms with Crippen LogP contribution in [-0.2, 0) is 15.4 Å². The lowest BCUT2D eigenvalue weighted by Gasteiger charge is -2.46. The van der Waals surface area contributed by atoms with Crippen LogP contribution in [0.4, 0.5) is 28.9 Å². The topological polar surface area (TPSA) is 124 Å². The predicted molar refractivity (Wildman–Crippen MR) is 163 cm³/mol. The molecule has 1 aliphatic carbocycles. The number of rotatable bonds is 7. The molecule has 1 spiro atoms. The molecule has 5 rings (SSSR count). The van der Waals surface area contributed by atoms with E-state index >= 15 is 0 Å². The third-order valence-corrected chi connectivity index (χ3v) is 10.8. The van der Waals surface area contributed by atoms with E-state index in [0.717, 1.165) is 34.1 Å². The zero-order valence-corrected chi connectivity index (χ0v) is 25.8. The average molecular weight is 661 g/mol. The van der Waals surface area contributed by atoms with E-state index in [1.807, 2.05) is 0 Å². The van der Waals surface area contributed by atoms with Gasteiger partial charge in [0, 0.05) is 16.7 Å². The summed E-state index contributed by atoms with van der Waals surface area (Å²) in [5.41, 5.74) is -2.66. The molecule has 1 amide bonds. The average Bonchev–Trinajstić information content (AvgIpc) is 3.26. The number of amides is 1. The Kier molecular flexibility index (Phi) is 8.54. The highest BCUT2D eigenvalue weighted by Crippen LogP contribution is 2.59. The summed E-state index contributed by atoms with van der Waals surface area (Å²) in [6, 6.07) is 13.1. The molecule has 1 heterocycles. The predicted octanol–water partition coefficient (Wildman–Crippen LogP) is 6.82. The second-order valence-electron chi connectivity index (χ2n) is 12.0. The monoisotopic (exact) mass is 660 g/mol. The first-order chi connectivity index (χ1) is 21.5. The minimum Gasteiger partial charge on any atom is -0.478 e. The van der Waals surface area contributed by atoms with Gasteiger partial charge in [0.2, 0.25) is 0 Å². The van der Waals surface area contributed by atoms with Crippen LogP contribution in [0.25, 0.3) is 0 Å². The normalized spacial score (nSPS) is 22.8. The smallest absolute Gasteiger partial charge is 0.417 e. The minimum absolute atomic E-state index is 0.0613. The van der Waals surface area contributed by atoms with Gasteiger partial charge in [0.15, 0.2) is 5.60 Å². The highest BCUT2D eigenvalue weighted by Gasteiger charge is 2.62. The number of benzene rings is 3. The Bertz CT molecular complexity index is 1810. The lowest BCUT2D eigenvalue weighted by molar-refractivity contribution is -0.273. The SMILES string of the molecule is CC(C)=CCC1N(S(=O)(=O)c2ccc(F)cc2)c2ccc(C(=O)Nc3cccc(C(=O)O)c3)cc2C12CCC(O)(C(F)(F)F)CC2. The molecule has 2 aliphatic rings. The quantitative estimate of drug-likeness (QED) is 0.189. The molecule has 1 atom stereocenters. The Morgan fingerprint density at radius 3 is 2.22 bits per heavy atom. The van der Waals surface area contributed by atoms with E-state index < -0.39 is 63.8 Å². The summed E-state index contributed by atoms with van der Waals surface area (Å²) < 4.78 is 85.2. The van der Waals surface area contributed by atoms with E-state index in [1.165, 1.54) is 42.5 Å². The Labute approximate surface area is 263 Å². The Morgan fingerprint density at radius 2 is 1.63 bits per heavy atom. The molecular weight excluding hydrogens is 628 g/mol.